The molecule has 2 aliphatic rings. The number of likely N-dealkylation sites (tertiary alicyclic amines) is 1. The molecule has 0 aliphatic carbocycles. The van der Waals surface area contributed by atoms with Crippen molar-refractivity contribution < 1.29 is 24.1 Å². The molecule has 0 saturated carbocycles. The van der Waals surface area contributed by atoms with Crippen LogP contribution in [0.5, 0.6) is 5.75 Å². The maximum Gasteiger partial charge on any atom is 0.308 e. The summed E-state index contributed by atoms with van der Waals surface area (Å²) in [5.41, 5.74) is 1.17. The average Bonchev–Trinajstić information content (AvgIpc) is 2.83. The van der Waals surface area contributed by atoms with Crippen LogP contribution in [-0.2, 0) is 20.8 Å². The van der Waals surface area contributed by atoms with E-state index < -0.39 is 6.10 Å². The van der Waals surface area contributed by atoms with Gasteiger partial charge in [0, 0.05) is 26.2 Å². The molecule has 1 aromatic rings. The van der Waals surface area contributed by atoms with Gasteiger partial charge in [-0.05, 0) is 63.1 Å². The molecule has 8 nitrogen and oxygen atoms in total. The number of carbonyl (C=O) groups excluding carboxylic acids is 1. The number of esters is 1. The smallest absolute Gasteiger partial charge is 0.308 e. The molecule has 2 heterocycles. The number of rotatable bonds is 12. The van der Waals surface area contributed by atoms with Crippen molar-refractivity contribution in [2.45, 2.75) is 31.9 Å². The van der Waals surface area contributed by atoms with Gasteiger partial charge >= 0.3 is 5.97 Å². The monoisotopic (exact) mass is 449 g/mol. The summed E-state index contributed by atoms with van der Waals surface area (Å²) in [5.74, 6) is 0.640. The lowest BCUT2D eigenvalue weighted by Crippen LogP contribution is -2.42. The second-order valence-electron chi connectivity index (χ2n) is 8.69. The number of morpholine rings is 1. The minimum Gasteiger partial charge on any atom is -0.491 e. The van der Waals surface area contributed by atoms with Gasteiger partial charge in [-0.2, -0.15) is 0 Å². The van der Waals surface area contributed by atoms with Crippen molar-refractivity contribution in [2.75, 3.05) is 72.7 Å². The number of ether oxygens (including phenoxy) is 3. The van der Waals surface area contributed by atoms with E-state index in [1.165, 1.54) is 12.7 Å². The van der Waals surface area contributed by atoms with Crippen LogP contribution in [0.1, 0.15) is 24.8 Å². The first-order valence-electron chi connectivity index (χ1n) is 11.8. The molecular weight excluding hydrogens is 410 g/mol. The number of piperidine rings is 1. The van der Waals surface area contributed by atoms with Gasteiger partial charge in [-0.15, -0.1) is 0 Å². The van der Waals surface area contributed by atoms with Crippen LogP contribution in [0.3, 0.4) is 0 Å². The number of aliphatic hydroxyl groups is 1. The summed E-state index contributed by atoms with van der Waals surface area (Å²) in [7, 11) is 1.44. The Bertz CT molecular complexity index is 675. The topological polar surface area (TPSA) is 83.5 Å². The molecule has 2 fully saturated rings. The molecular formula is C24H39N3O5. The molecule has 2 saturated heterocycles. The quantitative estimate of drug-likeness (QED) is 0.363. The summed E-state index contributed by atoms with van der Waals surface area (Å²) in [6.45, 7) is 9.07. The molecule has 1 atom stereocenters. The van der Waals surface area contributed by atoms with E-state index in [1.807, 2.05) is 18.2 Å². The number of carbonyl (C=O) groups is 1. The van der Waals surface area contributed by atoms with Crippen molar-refractivity contribution >= 4 is 5.97 Å². The van der Waals surface area contributed by atoms with Crippen molar-refractivity contribution in [3.05, 3.63) is 29.8 Å². The molecule has 1 aromatic carbocycles. The highest BCUT2D eigenvalue weighted by Crippen LogP contribution is 2.19. The third-order valence-corrected chi connectivity index (χ3v) is 6.19. The fourth-order valence-corrected chi connectivity index (χ4v) is 4.29. The van der Waals surface area contributed by atoms with Crippen molar-refractivity contribution in [3.63, 3.8) is 0 Å². The van der Waals surface area contributed by atoms with E-state index >= 15 is 0 Å². The van der Waals surface area contributed by atoms with Crippen molar-refractivity contribution in [3.8, 4) is 5.75 Å². The first kappa shape index (κ1) is 24.9. The molecule has 32 heavy (non-hydrogen) atoms. The molecule has 0 bridgehead atoms. The second-order valence-corrected chi connectivity index (χ2v) is 8.69. The molecule has 0 radical (unpaired) electrons. The van der Waals surface area contributed by atoms with Crippen molar-refractivity contribution in [2.24, 2.45) is 5.92 Å². The molecule has 0 spiro atoms. The first-order chi connectivity index (χ1) is 15.6. The molecule has 2 N–H and O–H groups in total. The van der Waals surface area contributed by atoms with Crippen LogP contribution in [0.4, 0.5) is 0 Å². The number of aliphatic hydroxyl groups excluding tert-OH is 1. The van der Waals surface area contributed by atoms with Crippen LogP contribution in [0.2, 0.25) is 0 Å². The number of hydrogen-bond acceptors (Lipinski definition) is 8. The molecule has 1 unspecified atom stereocenters. The Labute approximate surface area is 191 Å². The molecule has 0 aromatic heterocycles. The summed E-state index contributed by atoms with van der Waals surface area (Å²) in [4.78, 5) is 16.3. The predicted octanol–water partition coefficient (Wildman–Crippen LogP) is 1.12. The number of nitrogens with one attached hydrogen (secondary N) is 1. The third kappa shape index (κ3) is 8.67. The maximum atomic E-state index is 11.6. The molecule has 2 aliphatic heterocycles. The number of nitrogens with zero attached hydrogens (tertiary/aromatic N) is 2. The van der Waals surface area contributed by atoms with Crippen molar-refractivity contribution in [1.29, 1.82) is 0 Å². The van der Waals surface area contributed by atoms with E-state index in [0.717, 1.165) is 84.0 Å². The van der Waals surface area contributed by atoms with E-state index in [0.29, 0.717) is 6.54 Å². The summed E-state index contributed by atoms with van der Waals surface area (Å²) >= 11 is 0. The van der Waals surface area contributed by atoms with Gasteiger partial charge in [-0.3, -0.25) is 9.69 Å². The summed E-state index contributed by atoms with van der Waals surface area (Å²) in [5, 5.41) is 13.9. The van der Waals surface area contributed by atoms with Gasteiger partial charge in [0.15, 0.2) is 0 Å². The van der Waals surface area contributed by atoms with Gasteiger partial charge in [0.25, 0.3) is 0 Å². The Morgan fingerprint density at radius 2 is 2.00 bits per heavy atom. The lowest BCUT2D eigenvalue weighted by atomic mass is 9.97. The van der Waals surface area contributed by atoms with Gasteiger partial charge in [0.1, 0.15) is 18.5 Å². The Morgan fingerprint density at radius 3 is 2.75 bits per heavy atom. The summed E-state index contributed by atoms with van der Waals surface area (Å²) in [6, 6.07) is 8.04. The number of methoxy groups -OCH3 is 1. The SMILES string of the molecule is COC(=O)C1CCN(CC(O)COc2cccc(CNCCCN3CCOCC3)c2)CC1. The van der Waals surface area contributed by atoms with Crippen LogP contribution in [0.15, 0.2) is 24.3 Å². The van der Waals surface area contributed by atoms with Gasteiger partial charge < -0.3 is 29.5 Å². The van der Waals surface area contributed by atoms with Crippen LogP contribution in [0, 0.1) is 5.92 Å². The van der Waals surface area contributed by atoms with E-state index in [4.69, 9.17) is 14.2 Å². The lowest BCUT2D eigenvalue weighted by molar-refractivity contribution is -0.147. The zero-order chi connectivity index (χ0) is 22.6. The van der Waals surface area contributed by atoms with Gasteiger partial charge in [0.2, 0.25) is 0 Å². The largest absolute Gasteiger partial charge is 0.491 e. The highest BCUT2D eigenvalue weighted by atomic mass is 16.5. The van der Waals surface area contributed by atoms with E-state index in [-0.39, 0.29) is 18.5 Å². The standard InChI is InChI=1S/C24H39N3O5/c1-30-24(29)21-6-10-27(11-7-21)18-22(28)19-32-23-5-2-4-20(16-23)17-25-8-3-9-26-12-14-31-15-13-26/h2,4-5,16,21-22,25,28H,3,6-15,17-19H2,1H3. The predicted molar refractivity (Wildman–Crippen MR) is 123 cm³/mol. The molecule has 8 heteroatoms. The Hall–Kier alpha value is -1.71. The minimum absolute atomic E-state index is 0.0136. The fourth-order valence-electron chi connectivity index (χ4n) is 4.29. The van der Waals surface area contributed by atoms with Gasteiger partial charge in [-0.1, -0.05) is 12.1 Å². The van der Waals surface area contributed by atoms with Gasteiger partial charge in [0.05, 0.1) is 26.2 Å². The van der Waals surface area contributed by atoms with Gasteiger partial charge in [-0.25, -0.2) is 0 Å². The Morgan fingerprint density at radius 1 is 1.22 bits per heavy atom. The van der Waals surface area contributed by atoms with E-state index in [1.54, 1.807) is 0 Å². The van der Waals surface area contributed by atoms with Crippen LogP contribution >= 0.6 is 0 Å². The number of hydrogen-bond donors (Lipinski definition) is 2. The Kier molecular flexibility index (Phi) is 10.7. The summed E-state index contributed by atoms with van der Waals surface area (Å²) in [6.07, 6.45) is 2.12. The molecule has 3 rings (SSSR count). The zero-order valence-electron chi connectivity index (χ0n) is 19.3. The summed E-state index contributed by atoms with van der Waals surface area (Å²) < 4.78 is 16.0. The Balaban J connectivity index is 1.29. The highest BCUT2D eigenvalue weighted by Gasteiger charge is 2.26. The molecule has 180 valence electrons. The maximum absolute atomic E-state index is 11.6. The zero-order valence-corrected chi connectivity index (χ0v) is 19.3. The number of benzene rings is 1. The number of β-amino-alcohol motifs (C(OH)–C–C–N with tert-alkyl or cyclic N) is 1. The van der Waals surface area contributed by atoms with Crippen LogP contribution in [0.25, 0.3) is 0 Å². The van der Waals surface area contributed by atoms with E-state index in [2.05, 4.69) is 21.2 Å². The van der Waals surface area contributed by atoms with Crippen LogP contribution in [-0.4, -0.2) is 99.7 Å². The third-order valence-electron chi connectivity index (χ3n) is 6.19. The fraction of sp³-hybridized carbons (Fsp3) is 0.708. The lowest BCUT2D eigenvalue weighted by Gasteiger charge is -2.31. The van der Waals surface area contributed by atoms with Crippen LogP contribution < -0.4 is 10.1 Å². The average molecular weight is 450 g/mol. The highest BCUT2D eigenvalue weighted by molar-refractivity contribution is 5.72. The normalized spacial score (nSPS) is 19.6. The van der Waals surface area contributed by atoms with E-state index in [9.17, 15) is 9.90 Å². The molecule has 0 amide bonds. The van der Waals surface area contributed by atoms with Crippen molar-refractivity contribution in [1.82, 2.24) is 15.1 Å². The first-order valence-corrected chi connectivity index (χ1v) is 11.8. The second kappa shape index (κ2) is 13.7. The minimum atomic E-state index is -0.563.